The maximum absolute atomic E-state index is 12.4. The number of ether oxygens (including phenoxy) is 2. The van der Waals surface area contributed by atoms with Crippen molar-refractivity contribution in [1.29, 1.82) is 0 Å². The van der Waals surface area contributed by atoms with E-state index in [-0.39, 0.29) is 6.54 Å². The predicted octanol–water partition coefficient (Wildman–Crippen LogP) is 3.83. The molecule has 3 rings (SSSR count). The Morgan fingerprint density at radius 2 is 1.69 bits per heavy atom. The van der Waals surface area contributed by atoms with Crippen LogP contribution in [0.5, 0.6) is 5.75 Å². The van der Waals surface area contributed by atoms with E-state index < -0.39 is 12.1 Å². The number of methoxy groups -OCH3 is 1. The normalized spacial score (nSPS) is 14.2. The number of benzene rings is 2. The van der Waals surface area contributed by atoms with Gasteiger partial charge in [-0.25, -0.2) is 9.59 Å². The Morgan fingerprint density at radius 1 is 1.00 bits per heavy atom. The van der Waals surface area contributed by atoms with E-state index in [9.17, 15) is 9.59 Å². The second-order valence-corrected chi connectivity index (χ2v) is 6.17. The van der Waals surface area contributed by atoms with Crippen LogP contribution in [0.3, 0.4) is 0 Å². The van der Waals surface area contributed by atoms with Crippen molar-refractivity contribution in [2.45, 2.75) is 13.3 Å². The second-order valence-electron chi connectivity index (χ2n) is 6.17. The molecule has 1 aliphatic heterocycles. The molecule has 26 heavy (non-hydrogen) atoms. The minimum absolute atomic E-state index is 0.168. The third-order valence-electron chi connectivity index (χ3n) is 4.38. The molecule has 1 aliphatic rings. The van der Waals surface area contributed by atoms with Gasteiger partial charge in [0.1, 0.15) is 5.75 Å². The number of hydrogen-bond acceptors (Lipinski definition) is 4. The number of aryl methyl sites for hydroxylation is 1. The maximum Gasteiger partial charge on any atom is 0.415 e. The highest BCUT2D eigenvalue weighted by atomic mass is 16.6. The monoisotopic (exact) mass is 351 g/mol. The van der Waals surface area contributed by atoms with Gasteiger partial charge in [0.25, 0.3) is 0 Å². The van der Waals surface area contributed by atoms with Gasteiger partial charge in [-0.3, -0.25) is 0 Å². The van der Waals surface area contributed by atoms with E-state index in [1.54, 1.807) is 24.3 Å². The van der Waals surface area contributed by atoms with Crippen LogP contribution >= 0.6 is 0 Å². The summed E-state index contributed by atoms with van der Waals surface area (Å²) in [6.07, 6.45) is 0.0951. The first-order valence-corrected chi connectivity index (χ1v) is 8.47. The van der Waals surface area contributed by atoms with Crippen LogP contribution in [-0.4, -0.2) is 37.2 Å². The van der Waals surface area contributed by atoms with Gasteiger partial charge in [0.2, 0.25) is 0 Å². The summed E-state index contributed by atoms with van der Waals surface area (Å²) in [5.74, 6) is 0.0585. The fourth-order valence-electron chi connectivity index (χ4n) is 2.96. The average molecular weight is 351 g/mol. The Labute approximate surface area is 152 Å². The SMILES string of the molecule is COC(=O)C1=C(c2ccc(C)cc2)CCN(C(=O)Oc2ccccc2)C1. The summed E-state index contributed by atoms with van der Waals surface area (Å²) in [5.41, 5.74) is 3.54. The van der Waals surface area contributed by atoms with Crippen LogP contribution in [0.25, 0.3) is 5.57 Å². The molecule has 5 heteroatoms. The molecular weight excluding hydrogens is 330 g/mol. The molecule has 0 spiro atoms. The highest BCUT2D eigenvalue weighted by Gasteiger charge is 2.29. The fraction of sp³-hybridized carbons (Fsp3) is 0.238. The molecule has 0 saturated heterocycles. The van der Waals surface area contributed by atoms with E-state index in [4.69, 9.17) is 9.47 Å². The number of amides is 1. The lowest BCUT2D eigenvalue weighted by atomic mass is 9.93. The molecule has 0 aliphatic carbocycles. The van der Waals surface area contributed by atoms with E-state index in [0.29, 0.717) is 24.3 Å². The third-order valence-corrected chi connectivity index (χ3v) is 4.38. The Hall–Kier alpha value is -3.08. The van der Waals surface area contributed by atoms with Crippen LogP contribution in [0.15, 0.2) is 60.2 Å². The van der Waals surface area contributed by atoms with Gasteiger partial charge in [0.05, 0.1) is 19.2 Å². The summed E-state index contributed by atoms with van der Waals surface area (Å²) in [4.78, 5) is 26.3. The fourth-order valence-corrected chi connectivity index (χ4v) is 2.96. The first-order chi connectivity index (χ1) is 12.6. The quantitative estimate of drug-likeness (QED) is 0.789. The molecule has 0 bridgehead atoms. The zero-order valence-corrected chi connectivity index (χ0v) is 14.9. The number of para-hydroxylation sites is 1. The Kier molecular flexibility index (Phi) is 5.37. The summed E-state index contributed by atoms with van der Waals surface area (Å²) >= 11 is 0. The largest absolute Gasteiger partial charge is 0.466 e. The number of hydrogen-bond donors (Lipinski definition) is 0. The van der Waals surface area contributed by atoms with Crippen molar-refractivity contribution in [2.24, 2.45) is 0 Å². The summed E-state index contributed by atoms with van der Waals surface area (Å²) in [7, 11) is 1.35. The number of rotatable bonds is 3. The third kappa shape index (κ3) is 3.94. The van der Waals surface area contributed by atoms with E-state index in [1.807, 2.05) is 37.3 Å². The lowest BCUT2D eigenvalue weighted by molar-refractivity contribution is -0.136. The highest BCUT2D eigenvalue weighted by Crippen LogP contribution is 2.29. The van der Waals surface area contributed by atoms with Gasteiger partial charge in [-0.15, -0.1) is 0 Å². The van der Waals surface area contributed by atoms with Crippen molar-refractivity contribution in [3.05, 3.63) is 71.3 Å². The molecule has 0 unspecified atom stereocenters. The standard InChI is InChI=1S/C21H21NO4/c1-15-8-10-16(11-9-15)18-12-13-22(14-19(18)20(23)25-2)21(24)26-17-6-4-3-5-7-17/h3-11H,12-14H2,1-2H3. The number of carbonyl (C=O) groups excluding carboxylic acids is 2. The molecule has 0 fully saturated rings. The summed E-state index contributed by atoms with van der Waals surface area (Å²) in [5, 5.41) is 0. The number of carbonyl (C=O) groups is 2. The van der Waals surface area contributed by atoms with Gasteiger partial charge < -0.3 is 14.4 Å². The topological polar surface area (TPSA) is 55.8 Å². The molecule has 2 aromatic rings. The van der Waals surface area contributed by atoms with Crippen molar-refractivity contribution in [3.8, 4) is 5.75 Å². The average Bonchev–Trinajstić information content (AvgIpc) is 2.68. The molecule has 134 valence electrons. The van der Waals surface area contributed by atoms with Crippen LogP contribution in [0, 0.1) is 6.92 Å². The first kappa shape index (κ1) is 17.7. The van der Waals surface area contributed by atoms with Gasteiger partial charge in [0, 0.05) is 6.54 Å². The van der Waals surface area contributed by atoms with Crippen molar-refractivity contribution < 1.29 is 19.1 Å². The van der Waals surface area contributed by atoms with Gasteiger partial charge in [-0.05, 0) is 36.6 Å². The number of nitrogens with zero attached hydrogens (tertiary/aromatic N) is 1. The second kappa shape index (κ2) is 7.87. The first-order valence-electron chi connectivity index (χ1n) is 8.47. The van der Waals surface area contributed by atoms with Crippen LogP contribution < -0.4 is 4.74 Å². The summed E-state index contributed by atoms with van der Waals surface area (Å²) < 4.78 is 10.3. The lowest BCUT2D eigenvalue weighted by Gasteiger charge is -2.29. The van der Waals surface area contributed by atoms with E-state index >= 15 is 0 Å². The Bertz CT molecular complexity index is 825. The molecule has 0 aromatic heterocycles. The zero-order chi connectivity index (χ0) is 18.5. The van der Waals surface area contributed by atoms with Crippen molar-refractivity contribution in [1.82, 2.24) is 4.90 Å². The Morgan fingerprint density at radius 3 is 2.35 bits per heavy atom. The minimum atomic E-state index is -0.472. The predicted molar refractivity (Wildman–Crippen MR) is 98.8 cm³/mol. The molecule has 0 radical (unpaired) electrons. The molecule has 2 aromatic carbocycles. The van der Waals surface area contributed by atoms with Gasteiger partial charge in [0.15, 0.2) is 0 Å². The molecule has 0 N–H and O–H groups in total. The molecule has 1 heterocycles. The number of esters is 1. The Balaban J connectivity index is 1.83. The van der Waals surface area contributed by atoms with Gasteiger partial charge in [-0.2, -0.15) is 0 Å². The minimum Gasteiger partial charge on any atom is -0.466 e. The molecule has 0 saturated carbocycles. The molecule has 5 nitrogen and oxygen atoms in total. The van der Waals surface area contributed by atoms with Crippen LogP contribution in [0.1, 0.15) is 17.5 Å². The van der Waals surface area contributed by atoms with Crippen LogP contribution in [0.4, 0.5) is 4.79 Å². The van der Waals surface area contributed by atoms with Crippen LogP contribution in [0.2, 0.25) is 0 Å². The lowest BCUT2D eigenvalue weighted by Crippen LogP contribution is -2.40. The van der Waals surface area contributed by atoms with Crippen molar-refractivity contribution >= 4 is 17.6 Å². The molecular formula is C21H21NO4. The van der Waals surface area contributed by atoms with Crippen molar-refractivity contribution in [3.63, 3.8) is 0 Å². The highest BCUT2D eigenvalue weighted by molar-refractivity contribution is 5.99. The zero-order valence-electron chi connectivity index (χ0n) is 14.9. The smallest absolute Gasteiger partial charge is 0.415 e. The summed E-state index contributed by atoms with van der Waals surface area (Å²) in [6, 6.07) is 16.9. The van der Waals surface area contributed by atoms with Crippen LogP contribution in [-0.2, 0) is 9.53 Å². The molecule has 1 amide bonds. The van der Waals surface area contributed by atoms with Crippen molar-refractivity contribution in [2.75, 3.05) is 20.2 Å². The van der Waals surface area contributed by atoms with Gasteiger partial charge in [-0.1, -0.05) is 48.0 Å². The summed E-state index contributed by atoms with van der Waals surface area (Å²) in [6.45, 7) is 2.67. The molecule has 0 atom stereocenters. The van der Waals surface area contributed by atoms with E-state index in [0.717, 1.165) is 16.7 Å². The maximum atomic E-state index is 12.4. The van der Waals surface area contributed by atoms with E-state index in [2.05, 4.69) is 0 Å². The van der Waals surface area contributed by atoms with Gasteiger partial charge >= 0.3 is 12.1 Å². The van der Waals surface area contributed by atoms with E-state index in [1.165, 1.54) is 12.0 Å².